The lowest BCUT2D eigenvalue weighted by atomic mass is 10.1. The van der Waals surface area contributed by atoms with Gasteiger partial charge in [-0.05, 0) is 270 Å². The third-order valence-electron chi connectivity index (χ3n) is 12.3. The summed E-state index contributed by atoms with van der Waals surface area (Å²) in [7, 11) is 0. The Balaban J connectivity index is 0.000000236. The van der Waals surface area contributed by atoms with Crippen molar-refractivity contribution in [2.24, 2.45) is 0 Å². The topological polar surface area (TPSA) is 282 Å². The molecule has 0 spiro atoms. The molecule has 3 atom stereocenters. The van der Waals surface area contributed by atoms with Gasteiger partial charge in [-0.1, -0.05) is 6.92 Å². The standard InChI is InChI=1S/2C17H17F2IN2O3.2C16H15F2IN2O3/c1-17(2,24)9-25-22-16(23)12-5-3-10(18)7-15(12)21-14-6-4-11(20)8-13(14)19;1-2-12(23)9-25-22-17(24)13-5-3-10(18)7-16(13)21-15-6-4-11(20)8-14(15)19;1-9(22)8-24-21-16(23)12-4-2-10(17)6-15(12)20-14-5-3-11(19)7-13(14)18;1-9(8-22)24-21-16(23)12-4-2-10(17)6-15(12)20-14-5-3-11(19)7-13(14)18/h3-8,21,24H,9H2,1-2H3,(H,22,23);3-8,12,21,23H,2,9H2,1H3,(H,22,24);2*2-7,9,20,22H,8H2,1H3,(H,21,23). The van der Waals surface area contributed by atoms with Crippen molar-refractivity contribution in [3.63, 3.8) is 0 Å². The van der Waals surface area contributed by atoms with Crippen LogP contribution in [0.2, 0.25) is 0 Å². The van der Waals surface area contributed by atoms with Crippen LogP contribution < -0.4 is 43.2 Å². The minimum Gasteiger partial charge on any atom is -0.394 e. The van der Waals surface area contributed by atoms with Crippen LogP contribution in [0.25, 0.3) is 0 Å². The molecule has 0 aliphatic heterocycles. The van der Waals surface area contributed by atoms with Crippen LogP contribution in [0.15, 0.2) is 146 Å². The molecule has 20 nitrogen and oxygen atoms in total. The maximum absolute atomic E-state index is 14.0. The molecule has 32 heteroatoms. The number of aliphatic hydroxyl groups excluding tert-OH is 3. The van der Waals surface area contributed by atoms with E-state index in [1.807, 2.05) is 90.4 Å². The van der Waals surface area contributed by atoms with Crippen molar-refractivity contribution in [2.45, 2.75) is 65.0 Å². The van der Waals surface area contributed by atoms with E-state index in [1.54, 1.807) is 38.1 Å². The molecule has 0 aliphatic rings. The van der Waals surface area contributed by atoms with Gasteiger partial charge in [0.05, 0.1) is 92.2 Å². The van der Waals surface area contributed by atoms with E-state index >= 15 is 0 Å². The van der Waals surface area contributed by atoms with Crippen molar-refractivity contribution in [3.8, 4) is 0 Å². The summed E-state index contributed by atoms with van der Waals surface area (Å²) in [4.78, 5) is 68.3. The molecule has 0 bridgehead atoms. The van der Waals surface area contributed by atoms with Crippen LogP contribution in [0.3, 0.4) is 0 Å². The minimum atomic E-state index is -1.12. The Bertz CT molecular complexity index is 4040. The number of hydrogen-bond donors (Lipinski definition) is 12. The molecule has 12 N–H and O–H groups in total. The Morgan fingerprint density at radius 2 is 0.714 bits per heavy atom. The highest BCUT2D eigenvalue weighted by Gasteiger charge is 2.21. The lowest BCUT2D eigenvalue weighted by molar-refractivity contribution is -0.0522. The lowest BCUT2D eigenvalue weighted by Gasteiger charge is -2.17. The fourth-order valence-corrected chi connectivity index (χ4v) is 9.27. The van der Waals surface area contributed by atoms with E-state index in [0.29, 0.717) is 20.7 Å². The zero-order chi connectivity index (χ0) is 72.4. The monoisotopic (exact) mass is 1820 g/mol. The van der Waals surface area contributed by atoms with E-state index in [9.17, 15) is 64.5 Å². The average Bonchev–Trinajstić information content (AvgIpc) is 0.858. The molecular weight excluding hydrogens is 1760 g/mol. The smallest absolute Gasteiger partial charge is 0.276 e. The number of halogens is 12. The van der Waals surface area contributed by atoms with Gasteiger partial charge in [0, 0.05) is 14.3 Å². The summed E-state index contributed by atoms with van der Waals surface area (Å²) in [6.07, 6.45) is -1.57. The fraction of sp³-hybridized carbons (Fsp3) is 0.212. The summed E-state index contributed by atoms with van der Waals surface area (Å²) < 4.78 is 113. The molecule has 0 aromatic heterocycles. The molecule has 8 aromatic carbocycles. The Morgan fingerprint density at radius 1 is 0.429 bits per heavy atom. The normalized spacial score (nSPS) is 11.7. The van der Waals surface area contributed by atoms with Gasteiger partial charge < -0.3 is 41.7 Å². The second kappa shape index (κ2) is 40.2. The van der Waals surface area contributed by atoms with Crippen LogP contribution in [0, 0.1) is 60.8 Å². The van der Waals surface area contributed by atoms with Crippen molar-refractivity contribution in [1.82, 2.24) is 21.9 Å². The predicted octanol–water partition coefficient (Wildman–Crippen LogP) is 14.2. The first kappa shape index (κ1) is 81.6. The highest BCUT2D eigenvalue weighted by Crippen LogP contribution is 2.30. The molecule has 0 saturated carbocycles. The maximum atomic E-state index is 14.0. The number of hydrogen-bond acceptors (Lipinski definition) is 16. The lowest BCUT2D eigenvalue weighted by Crippen LogP contribution is -2.33. The van der Waals surface area contributed by atoms with Crippen molar-refractivity contribution < 1.29 is 94.1 Å². The van der Waals surface area contributed by atoms with Crippen molar-refractivity contribution in [2.75, 3.05) is 47.7 Å². The van der Waals surface area contributed by atoms with Gasteiger partial charge in [0.1, 0.15) is 72.5 Å². The number of nitrogens with one attached hydrogen (secondary N) is 8. The van der Waals surface area contributed by atoms with Crippen LogP contribution in [-0.2, 0) is 19.4 Å². The molecule has 0 saturated heterocycles. The van der Waals surface area contributed by atoms with Crippen LogP contribution in [-0.4, -0.2) is 94.4 Å². The summed E-state index contributed by atoms with van der Waals surface area (Å²) in [5.41, 5.74) is 8.61. The zero-order valence-corrected chi connectivity index (χ0v) is 60.8. The molecule has 8 rings (SSSR count). The van der Waals surface area contributed by atoms with Gasteiger partial charge in [0.2, 0.25) is 0 Å². The highest BCUT2D eigenvalue weighted by atomic mass is 127. The molecule has 4 amide bonds. The Hall–Kier alpha value is -7.12. The van der Waals surface area contributed by atoms with Gasteiger partial charge in [-0.2, -0.15) is 0 Å². The molecule has 3 unspecified atom stereocenters. The van der Waals surface area contributed by atoms with E-state index in [0.717, 1.165) is 48.5 Å². The van der Waals surface area contributed by atoms with E-state index in [1.165, 1.54) is 93.6 Å². The van der Waals surface area contributed by atoms with Crippen molar-refractivity contribution in [1.29, 1.82) is 0 Å². The summed E-state index contributed by atoms with van der Waals surface area (Å²) in [6.45, 7) is 7.29. The highest BCUT2D eigenvalue weighted by molar-refractivity contribution is 14.1. The van der Waals surface area contributed by atoms with Crippen molar-refractivity contribution in [3.05, 3.63) is 229 Å². The minimum absolute atomic E-state index is 0.0649. The van der Waals surface area contributed by atoms with Gasteiger partial charge in [-0.15, -0.1) is 0 Å². The first-order valence-corrected chi connectivity index (χ1v) is 33.1. The number of hydroxylamine groups is 4. The summed E-state index contributed by atoms with van der Waals surface area (Å²) in [5.74, 6) is -7.01. The molecule has 524 valence electrons. The molecule has 0 radical (unpaired) electrons. The first-order valence-electron chi connectivity index (χ1n) is 28.8. The quantitative estimate of drug-likeness (QED) is 0.0144. The zero-order valence-electron chi connectivity index (χ0n) is 52.2. The molecular formula is C66H64F8I4N8O12. The van der Waals surface area contributed by atoms with E-state index in [4.69, 9.17) is 29.6 Å². The SMILES string of the molecule is CC(C)(O)CONC(=O)c1ccc(F)cc1Nc1ccc(I)cc1F.CC(CO)ONC(=O)c1ccc(F)cc1Nc1ccc(I)cc1F.CC(O)CONC(=O)c1ccc(F)cc1Nc1ccc(I)cc1F.CCC(O)CONC(=O)c1ccc(F)cc1Nc1ccc(I)cc1F. The molecule has 0 aliphatic carbocycles. The van der Waals surface area contributed by atoms with Crippen LogP contribution in [0.5, 0.6) is 0 Å². The number of rotatable bonds is 25. The molecule has 8 aromatic rings. The van der Waals surface area contributed by atoms with Crippen LogP contribution in [0.1, 0.15) is 82.5 Å². The van der Waals surface area contributed by atoms with Gasteiger partial charge in [-0.25, -0.2) is 57.0 Å². The first-order chi connectivity index (χ1) is 46.3. The maximum Gasteiger partial charge on any atom is 0.276 e. The Labute approximate surface area is 611 Å². The molecule has 0 heterocycles. The average molecular weight is 1820 g/mol. The fourth-order valence-electron chi connectivity index (χ4n) is 7.45. The summed E-state index contributed by atoms with van der Waals surface area (Å²) in [6, 6.07) is 31.8. The number of benzene rings is 8. The van der Waals surface area contributed by atoms with Gasteiger partial charge >= 0.3 is 0 Å². The summed E-state index contributed by atoms with van der Waals surface area (Å²) in [5, 5.41) is 47.8. The number of anilines is 8. The third-order valence-corrected chi connectivity index (χ3v) is 15.0. The number of amides is 4. The van der Waals surface area contributed by atoms with Crippen LogP contribution >= 0.6 is 90.4 Å². The second-order valence-electron chi connectivity index (χ2n) is 21.2. The van der Waals surface area contributed by atoms with Gasteiger partial charge in [0.15, 0.2) is 0 Å². The van der Waals surface area contributed by atoms with Crippen molar-refractivity contribution >= 4 is 159 Å². The largest absolute Gasteiger partial charge is 0.394 e. The van der Waals surface area contributed by atoms with E-state index < -0.39 is 94.1 Å². The van der Waals surface area contributed by atoms with Gasteiger partial charge in [-0.3, -0.25) is 38.5 Å². The van der Waals surface area contributed by atoms with E-state index in [2.05, 4.69) is 43.2 Å². The Morgan fingerprint density at radius 3 is 0.980 bits per heavy atom. The molecule has 98 heavy (non-hydrogen) atoms. The third kappa shape index (κ3) is 27.9. The van der Waals surface area contributed by atoms with E-state index in [-0.39, 0.29) is 94.2 Å². The second-order valence-corrected chi connectivity index (χ2v) is 26.2. The number of aliphatic hydroxyl groups is 4. The van der Waals surface area contributed by atoms with Gasteiger partial charge in [0.25, 0.3) is 23.6 Å². The molecule has 0 fully saturated rings. The predicted molar refractivity (Wildman–Crippen MR) is 385 cm³/mol. The summed E-state index contributed by atoms with van der Waals surface area (Å²) >= 11 is 7.87. The number of carbonyl (C=O) groups is 4. The van der Waals surface area contributed by atoms with Crippen LogP contribution in [0.4, 0.5) is 80.6 Å². The number of carbonyl (C=O) groups excluding carboxylic acids is 4. The Kier molecular flexibility index (Phi) is 33.5.